The Balaban J connectivity index is 1.08. The molecule has 0 aliphatic carbocycles. The molecule has 1 aromatic heterocycles. The minimum absolute atomic E-state index is 0.611. The Labute approximate surface area is 163 Å². The molecule has 0 amide bonds. The van der Waals surface area contributed by atoms with Crippen molar-refractivity contribution in [3.8, 4) is 0 Å². The van der Waals surface area contributed by atoms with E-state index in [1.807, 2.05) is 12.3 Å². The van der Waals surface area contributed by atoms with E-state index in [2.05, 4.69) is 20.9 Å². The molecule has 0 spiro atoms. The van der Waals surface area contributed by atoms with Gasteiger partial charge in [0.05, 0.1) is 0 Å². The molecule has 4 aliphatic rings. The molecule has 4 heteroatoms. The summed E-state index contributed by atoms with van der Waals surface area (Å²) in [5, 5.41) is 0.611. The first-order chi connectivity index (χ1) is 12.8. The lowest BCUT2D eigenvalue weighted by Gasteiger charge is -2.25. The van der Waals surface area contributed by atoms with E-state index in [0.717, 1.165) is 24.2 Å². The van der Waals surface area contributed by atoms with Crippen molar-refractivity contribution < 1.29 is 0 Å². The Morgan fingerprint density at radius 3 is 2.23 bits per heavy atom. The van der Waals surface area contributed by atoms with Crippen LogP contribution in [0.2, 0.25) is 5.15 Å². The molecular weight excluding hydrogens is 342 g/mol. The molecule has 0 saturated carbocycles. The second-order valence-electron chi connectivity index (χ2n) is 9.05. The van der Waals surface area contributed by atoms with Gasteiger partial charge in [-0.2, -0.15) is 0 Å². The highest BCUT2D eigenvalue weighted by atomic mass is 35.5. The van der Waals surface area contributed by atoms with Crippen LogP contribution in [-0.2, 0) is 0 Å². The first-order valence-electron chi connectivity index (χ1n) is 10.9. The lowest BCUT2D eigenvalue weighted by atomic mass is 9.85. The van der Waals surface area contributed by atoms with E-state index in [4.69, 9.17) is 11.6 Å². The van der Waals surface area contributed by atoms with Gasteiger partial charge in [0.2, 0.25) is 0 Å². The molecule has 4 saturated heterocycles. The summed E-state index contributed by atoms with van der Waals surface area (Å²) in [6, 6.07) is 7.61. The fourth-order valence-corrected chi connectivity index (χ4v) is 6.68. The summed E-state index contributed by atoms with van der Waals surface area (Å²) in [5.41, 5.74) is 1.40. The van der Waals surface area contributed by atoms with Gasteiger partial charge in [-0.05, 0) is 82.5 Å². The zero-order valence-electron chi connectivity index (χ0n) is 15.8. The van der Waals surface area contributed by atoms with Crippen molar-refractivity contribution in [3.63, 3.8) is 0 Å². The molecule has 5 heterocycles. The van der Waals surface area contributed by atoms with Crippen LogP contribution in [0.15, 0.2) is 18.3 Å². The first kappa shape index (κ1) is 17.5. The highest BCUT2D eigenvalue weighted by molar-refractivity contribution is 6.29. The molecule has 4 bridgehead atoms. The number of halogens is 1. The number of hydrogen-bond donors (Lipinski definition) is 0. The zero-order chi connectivity index (χ0) is 17.5. The Morgan fingerprint density at radius 2 is 1.54 bits per heavy atom. The van der Waals surface area contributed by atoms with Crippen LogP contribution in [0.3, 0.4) is 0 Å². The molecule has 0 radical (unpaired) electrons. The molecule has 3 atom stereocenters. The van der Waals surface area contributed by atoms with Gasteiger partial charge < -0.3 is 0 Å². The molecule has 0 N–H and O–H groups in total. The molecule has 4 fully saturated rings. The van der Waals surface area contributed by atoms with Crippen LogP contribution < -0.4 is 0 Å². The van der Waals surface area contributed by atoms with Crippen molar-refractivity contribution in [2.24, 2.45) is 0 Å². The number of nitrogens with zero attached hydrogens (tertiary/aromatic N) is 3. The largest absolute Gasteiger partial charge is 0.297 e. The van der Waals surface area contributed by atoms with Gasteiger partial charge >= 0.3 is 0 Å². The topological polar surface area (TPSA) is 19.4 Å². The molecule has 3 unspecified atom stereocenters. The van der Waals surface area contributed by atoms with Crippen molar-refractivity contribution in [1.29, 1.82) is 0 Å². The maximum absolute atomic E-state index is 5.97. The highest BCUT2D eigenvalue weighted by Gasteiger charge is 2.46. The summed E-state index contributed by atoms with van der Waals surface area (Å²) < 4.78 is 0. The number of hydrogen-bond acceptors (Lipinski definition) is 3. The van der Waals surface area contributed by atoms with E-state index in [-0.39, 0.29) is 0 Å². The summed E-state index contributed by atoms with van der Waals surface area (Å²) in [7, 11) is 0. The third-order valence-corrected chi connectivity index (χ3v) is 8.02. The number of pyridine rings is 1. The van der Waals surface area contributed by atoms with E-state index in [1.165, 1.54) is 82.9 Å². The van der Waals surface area contributed by atoms with Gasteiger partial charge in [-0.15, -0.1) is 0 Å². The Morgan fingerprint density at radius 1 is 0.846 bits per heavy atom. The Bertz CT molecular complexity index is 598. The third-order valence-electron chi connectivity index (χ3n) is 7.80. The van der Waals surface area contributed by atoms with Crippen LogP contribution in [0.5, 0.6) is 0 Å². The molecule has 3 nitrogen and oxygen atoms in total. The molecular formula is C22H32ClN3. The number of fused-ring (bicyclic) bond motifs is 4. The van der Waals surface area contributed by atoms with Crippen molar-refractivity contribution in [1.82, 2.24) is 14.8 Å². The summed E-state index contributed by atoms with van der Waals surface area (Å²) in [5.74, 6) is 0.679. The minimum atomic E-state index is 0.611. The first-order valence-corrected chi connectivity index (χ1v) is 11.3. The monoisotopic (exact) mass is 373 g/mol. The van der Waals surface area contributed by atoms with Crippen LogP contribution in [0, 0.1) is 0 Å². The fraction of sp³-hybridized carbons (Fsp3) is 0.773. The highest BCUT2D eigenvalue weighted by Crippen LogP contribution is 2.46. The van der Waals surface area contributed by atoms with Crippen LogP contribution in [0.1, 0.15) is 75.7 Å². The van der Waals surface area contributed by atoms with E-state index >= 15 is 0 Å². The average molecular weight is 374 g/mol. The molecule has 26 heavy (non-hydrogen) atoms. The van der Waals surface area contributed by atoms with Gasteiger partial charge in [0.1, 0.15) is 5.15 Å². The number of aromatic nitrogens is 1. The molecule has 4 aliphatic heterocycles. The predicted octanol–water partition coefficient (Wildman–Crippen LogP) is 4.85. The average Bonchev–Trinajstić information content (AvgIpc) is 3.43. The van der Waals surface area contributed by atoms with Crippen molar-refractivity contribution >= 4 is 11.6 Å². The zero-order valence-corrected chi connectivity index (χ0v) is 16.6. The standard InChI is InChI=1S/C22H32ClN3/c23-22-11-4-16(15-24-22)20-14-19-9-10-21(20)26(19)13-3-1-2-12-25-17-5-6-18(25)8-7-17/h4,11,15,17-21H,1-3,5-10,12-14H2. The maximum Gasteiger partial charge on any atom is 0.129 e. The van der Waals surface area contributed by atoms with Gasteiger partial charge in [-0.1, -0.05) is 24.1 Å². The summed E-state index contributed by atoms with van der Waals surface area (Å²) >= 11 is 5.97. The second kappa shape index (κ2) is 7.41. The third kappa shape index (κ3) is 3.21. The molecule has 142 valence electrons. The number of unbranched alkanes of at least 4 members (excludes halogenated alkanes) is 2. The quantitative estimate of drug-likeness (QED) is 0.503. The second-order valence-corrected chi connectivity index (χ2v) is 9.44. The van der Waals surface area contributed by atoms with Crippen molar-refractivity contribution in [2.75, 3.05) is 13.1 Å². The van der Waals surface area contributed by atoms with E-state index in [9.17, 15) is 0 Å². The van der Waals surface area contributed by atoms with Crippen LogP contribution in [-0.4, -0.2) is 52.0 Å². The Kier molecular flexibility index (Phi) is 4.97. The van der Waals surface area contributed by atoms with Crippen molar-refractivity contribution in [3.05, 3.63) is 29.0 Å². The normalized spacial score (nSPS) is 36.4. The number of rotatable bonds is 7. The summed E-state index contributed by atoms with van der Waals surface area (Å²) in [4.78, 5) is 9.98. The van der Waals surface area contributed by atoms with Gasteiger partial charge in [0.15, 0.2) is 0 Å². The Hall–Kier alpha value is -0.640. The lowest BCUT2D eigenvalue weighted by Crippen LogP contribution is -2.31. The van der Waals surface area contributed by atoms with Gasteiger partial charge in [-0.3, -0.25) is 9.80 Å². The molecule has 0 aromatic carbocycles. The SMILES string of the molecule is Clc1ccc(C2CC3CCC2N3CCCCCN2C3CCC2CC3)cn1. The summed E-state index contributed by atoms with van der Waals surface area (Å²) in [6.45, 7) is 2.67. The van der Waals surface area contributed by atoms with E-state index in [0.29, 0.717) is 11.1 Å². The van der Waals surface area contributed by atoms with Crippen LogP contribution >= 0.6 is 11.6 Å². The van der Waals surface area contributed by atoms with Crippen LogP contribution in [0.25, 0.3) is 0 Å². The smallest absolute Gasteiger partial charge is 0.129 e. The maximum atomic E-state index is 5.97. The fourth-order valence-electron chi connectivity index (χ4n) is 6.56. The molecule has 1 aromatic rings. The summed E-state index contributed by atoms with van der Waals surface area (Å²) in [6.07, 6.45) is 16.2. The van der Waals surface area contributed by atoms with Gasteiger partial charge in [-0.25, -0.2) is 4.98 Å². The van der Waals surface area contributed by atoms with Crippen LogP contribution in [0.4, 0.5) is 0 Å². The molecule has 5 rings (SSSR count). The van der Waals surface area contributed by atoms with Crippen molar-refractivity contribution in [2.45, 2.75) is 94.3 Å². The van der Waals surface area contributed by atoms with E-state index in [1.54, 1.807) is 0 Å². The lowest BCUT2D eigenvalue weighted by molar-refractivity contribution is 0.227. The van der Waals surface area contributed by atoms with Gasteiger partial charge in [0, 0.05) is 36.3 Å². The van der Waals surface area contributed by atoms with E-state index < -0.39 is 0 Å². The minimum Gasteiger partial charge on any atom is -0.297 e. The van der Waals surface area contributed by atoms with Gasteiger partial charge in [0.25, 0.3) is 0 Å². The predicted molar refractivity (Wildman–Crippen MR) is 107 cm³/mol.